The van der Waals surface area contributed by atoms with Gasteiger partial charge in [0.05, 0.1) is 12.9 Å². The lowest BCUT2D eigenvalue weighted by Gasteiger charge is -2.31. The van der Waals surface area contributed by atoms with Gasteiger partial charge in [0, 0.05) is 12.0 Å². The van der Waals surface area contributed by atoms with Gasteiger partial charge < -0.3 is 14.7 Å². The highest BCUT2D eigenvalue weighted by molar-refractivity contribution is 8.00. The van der Waals surface area contributed by atoms with E-state index in [9.17, 15) is 14.7 Å². The Labute approximate surface area is 150 Å². The Bertz CT molecular complexity index is 765. The Morgan fingerprint density at radius 3 is 2.60 bits per heavy atom. The van der Waals surface area contributed by atoms with Gasteiger partial charge in [-0.2, -0.15) is 0 Å². The van der Waals surface area contributed by atoms with E-state index in [0.29, 0.717) is 5.75 Å². The second-order valence-corrected chi connectivity index (χ2v) is 6.82. The molecule has 1 fully saturated rings. The fraction of sp³-hybridized carbons (Fsp3) is 0.263. The molecule has 0 saturated carbocycles. The molecule has 2 aromatic carbocycles. The first-order valence-corrected chi connectivity index (χ1v) is 8.99. The molecule has 1 heterocycles. The van der Waals surface area contributed by atoms with Crippen LogP contribution in [0, 0.1) is 0 Å². The van der Waals surface area contributed by atoms with Crippen molar-refractivity contribution in [2.75, 3.05) is 12.9 Å². The summed E-state index contributed by atoms with van der Waals surface area (Å²) in [6.45, 7) is 0. The second kappa shape index (κ2) is 7.61. The zero-order valence-corrected chi connectivity index (χ0v) is 14.6. The topological polar surface area (TPSA) is 66.8 Å². The molecule has 3 rings (SSSR count). The lowest BCUT2D eigenvalue weighted by atomic mass is 10.0. The first-order valence-electron chi connectivity index (χ1n) is 7.94. The standard InChI is InChI=1S/C19H19NO4S/c1-24-16-10-6-5-9-14(16)18-20(17(21)12-25-18)15(19(22)23)11-13-7-3-2-4-8-13/h2-10,15,18H,11-12H2,1H3,(H,22,23)/t15-,18?/m0/s1. The number of rotatable bonds is 6. The number of carbonyl (C=O) groups is 2. The van der Waals surface area contributed by atoms with Crippen molar-refractivity contribution in [2.24, 2.45) is 0 Å². The van der Waals surface area contributed by atoms with Crippen LogP contribution in [-0.4, -0.2) is 40.8 Å². The number of hydrogen-bond donors (Lipinski definition) is 1. The van der Waals surface area contributed by atoms with E-state index in [1.54, 1.807) is 7.11 Å². The number of ether oxygens (including phenoxy) is 1. The molecule has 5 nitrogen and oxygen atoms in total. The summed E-state index contributed by atoms with van der Waals surface area (Å²) in [4.78, 5) is 25.9. The molecule has 1 aliphatic heterocycles. The SMILES string of the molecule is COc1ccccc1C1SCC(=O)N1[C@@H](Cc1ccccc1)C(=O)O. The molecule has 25 heavy (non-hydrogen) atoms. The van der Waals surface area contributed by atoms with Gasteiger partial charge in [-0.1, -0.05) is 48.5 Å². The summed E-state index contributed by atoms with van der Waals surface area (Å²) in [5.41, 5.74) is 1.71. The molecule has 130 valence electrons. The molecule has 1 aliphatic rings. The van der Waals surface area contributed by atoms with E-state index in [1.807, 2.05) is 54.6 Å². The van der Waals surface area contributed by atoms with Crippen molar-refractivity contribution in [3.63, 3.8) is 0 Å². The summed E-state index contributed by atoms with van der Waals surface area (Å²) in [6, 6.07) is 15.9. The second-order valence-electron chi connectivity index (χ2n) is 5.75. The van der Waals surface area contributed by atoms with Crippen LogP contribution >= 0.6 is 11.8 Å². The van der Waals surface area contributed by atoms with E-state index in [0.717, 1.165) is 11.1 Å². The number of amides is 1. The molecular weight excluding hydrogens is 338 g/mol. The van der Waals surface area contributed by atoms with Crippen LogP contribution in [0.25, 0.3) is 0 Å². The van der Waals surface area contributed by atoms with Gasteiger partial charge >= 0.3 is 5.97 Å². The summed E-state index contributed by atoms with van der Waals surface area (Å²) in [6.07, 6.45) is 0.272. The highest BCUT2D eigenvalue weighted by atomic mass is 32.2. The molecule has 1 amide bonds. The van der Waals surface area contributed by atoms with E-state index >= 15 is 0 Å². The molecule has 2 aromatic rings. The number of methoxy groups -OCH3 is 1. The minimum atomic E-state index is -1.00. The molecule has 0 aliphatic carbocycles. The molecule has 0 radical (unpaired) electrons. The van der Waals surface area contributed by atoms with E-state index in [4.69, 9.17) is 4.74 Å². The number of para-hydroxylation sites is 1. The normalized spacial score (nSPS) is 18.2. The smallest absolute Gasteiger partial charge is 0.326 e. The maximum atomic E-state index is 12.5. The Balaban J connectivity index is 1.95. The summed E-state index contributed by atoms with van der Waals surface area (Å²) < 4.78 is 5.40. The number of aliphatic carboxylic acids is 1. The number of hydrogen-bond acceptors (Lipinski definition) is 4. The monoisotopic (exact) mass is 357 g/mol. The number of carbonyl (C=O) groups excluding carboxylic acids is 1. The fourth-order valence-electron chi connectivity index (χ4n) is 3.03. The maximum Gasteiger partial charge on any atom is 0.326 e. The van der Waals surface area contributed by atoms with Crippen molar-refractivity contribution in [1.29, 1.82) is 0 Å². The van der Waals surface area contributed by atoms with Crippen LogP contribution in [0.2, 0.25) is 0 Å². The molecule has 2 atom stereocenters. The fourth-order valence-corrected chi connectivity index (χ4v) is 4.27. The van der Waals surface area contributed by atoms with E-state index in [1.165, 1.54) is 16.7 Å². The molecule has 1 saturated heterocycles. The predicted molar refractivity (Wildman–Crippen MR) is 96.6 cm³/mol. The third kappa shape index (κ3) is 3.64. The predicted octanol–water partition coefficient (Wildman–Crippen LogP) is 2.97. The Morgan fingerprint density at radius 2 is 1.92 bits per heavy atom. The van der Waals surface area contributed by atoms with Gasteiger partial charge in [-0.15, -0.1) is 11.8 Å². The van der Waals surface area contributed by atoms with Crippen molar-refractivity contribution in [2.45, 2.75) is 17.8 Å². The van der Waals surface area contributed by atoms with Crippen molar-refractivity contribution in [1.82, 2.24) is 4.90 Å². The highest BCUT2D eigenvalue weighted by Crippen LogP contribution is 2.43. The van der Waals surface area contributed by atoms with Crippen LogP contribution in [0.5, 0.6) is 5.75 Å². The Morgan fingerprint density at radius 1 is 1.24 bits per heavy atom. The molecule has 0 bridgehead atoms. The third-order valence-corrected chi connectivity index (χ3v) is 5.41. The summed E-state index contributed by atoms with van der Waals surface area (Å²) in [5, 5.41) is 9.40. The molecule has 0 spiro atoms. The van der Waals surface area contributed by atoms with Crippen molar-refractivity contribution >= 4 is 23.6 Å². The van der Waals surface area contributed by atoms with Crippen LogP contribution in [0.1, 0.15) is 16.5 Å². The lowest BCUT2D eigenvalue weighted by Crippen LogP contribution is -2.45. The zero-order valence-electron chi connectivity index (χ0n) is 13.8. The van der Waals surface area contributed by atoms with Gasteiger partial charge in [-0.3, -0.25) is 4.79 Å². The lowest BCUT2D eigenvalue weighted by molar-refractivity contribution is -0.149. The molecule has 1 unspecified atom stereocenters. The number of carboxylic acid groups (broad SMARTS) is 1. The van der Waals surface area contributed by atoms with Gasteiger partial charge in [0.25, 0.3) is 0 Å². The van der Waals surface area contributed by atoms with Gasteiger partial charge in [0.15, 0.2) is 0 Å². The largest absolute Gasteiger partial charge is 0.496 e. The summed E-state index contributed by atoms with van der Waals surface area (Å²) in [5.74, 6) is -0.242. The maximum absolute atomic E-state index is 12.5. The van der Waals surface area contributed by atoms with Crippen LogP contribution in [0.4, 0.5) is 0 Å². The van der Waals surface area contributed by atoms with Crippen LogP contribution in [0.15, 0.2) is 54.6 Å². The molecule has 6 heteroatoms. The molecule has 1 N–H and O–H groups in total. The van der Waals surface area contributed by atoms with E-state index < -0.39 is 12.0 Å². The summed E-state index contributed by atoms with van der Waals surface area (Å²) in [7, 11) is 1.57. The number of benzene rings is 2. The molecular formula is C19H19NO4S. The average molecular weight is 357 g/mol. The Hall–Kier alpha value is -2.47. The van der Waals surface area contributed by atoms with E-state index in [-0.39, 0.29) is 23.5 Å². The minimum Gasteiger partial charge on any atom is -0.496 e. The van der Waals surface area contributed by atoms with Crippen LogP contribution < -0.4 is 4.74 Å². The van der Waals surface area contributed by atoms with Gasteiger partial charge in [-0.05, 0) is 11.6 Å². The van der Waals surface area contributed by atoms with E-state index in [2.05, 4.69) is 0 Å². The van der Waals surface area contributed by atoms with Crippen molar-refractivity contribution < 1.29 is 19.4 Å². The number of carboxylic acids is 1. The first kappa shape index (κ1) is 17.4. The summed E-state index contributed by atoms with van der Waals surface area (Å²) >= 11 is 1.43. The number of thioether (sulfide) groups is 1. The highest BCUT2D eigenvalue weighted by Gasteiger charge is 2.41. The zero-order chi connectivity index (χ0) is 17.8. The van der Waals surface area contributed by atoms with Crippen LogP contribution in [0.3, 0.4) is 0 Å². The van der Waals surface area contributed by atoms with Gasteiger partial charge in [-0.25, -0.2) is 4.79 Å². The molecule has 0 aromatic heterocycles. The first-order chi connectivity index (χ1) is 12.1. The van der Waals surface area contributed by atoms with Crippen molar-refractivity contribution in [3.05, 3.63) is 65.7 Å². The minimum absolute atomic E-state index is 0.163. The Kier molecular flexibility index (Phi) is 5.28. The van der Waals surface area contributed by atoms with Crippen LogP contribution in [-0.2, 0) is 16.0 Å². The van der Waals surface area contributed by atoms with Gasteiger partial charge in [0.1, 0.15) is 17.2 Å². The third-order valence-electron chi connectivity index (χ3n) is 4.20. The average Bonchev–Trinajstić information content (AvgIpc) is 3.01. The van der Waals surface area contributed by atoms with Gasteiger partial charge in [0.2, 0.25) is 5.91 Å². The quantitative estimate of drug-likeness (QED) is 0.861. The van der Waals surface area contributed by atoms with Crippen molar-refractivity contribution in [3.8, 4) is 5.75 Å². The number of nitrogens with zero attached hydrogens (tertiary/aromatic N) is 1.